The zero-order valence-corrected chi connectivity index (χ0v) is 10.8. The van der Waals surface area contributed by atoms with Gasteiger partial charge in [-0.25, -0.2) is 8.42 Å². The summed E-state index contributed by atoms with van der Waals surface area (Å²) in [5.41, 5.74) is 1.66. The Morgan fingerprint density at radius 1 is 1.41 bits per heavy atom. The quantitative estimate of drug-likeness (QED) is 0.804. The maximum Gasteiger partial charge on any atom is 0.296 e. The second-order valence-electron chi connectivity index (χ2n) is 3.71. The highest BCUT2D eigenvalue weighted by Gasteiger charge is 2.34. The highest BCUT2D eigenvalue weighted by Crippen LogP contribution is 2.40. The molecule has 3 rings (SSSR count). The fourth-order valence-electron chi connectivity index (χ4n) is 1.60. The predicted octanol–water partition coefficient (Wildman–Crippen LogP) is 1.66. The Labute approximate surface area is 106 Å². The molecule has 1 fully saturated rings. The third-order valence-electron chi connectivity index (χ3n) is 2.45. The highest BCUT2D eigenvalue weighted by atomic mass is 35.7. The van der Waals surface area contributed by atoms with Crippen LogP contribution in [0.25, 0.3) is 10.7 Å². The topological polar surface area (TPSA) is 77.7 Å². The van der Waals surface area contributed by atoms with Crippen LogP contribution in [0.1, 0.15) is 18.9 Å². The summed E-state index contributed by atoms with van der Waals surface area (Å²) in [4.78, 5) is 4.73. The van der Waals surface area contributed by atoms with Gasteiger partial charge < -0.3 is 0 Å². The Morgan fingerprint density at radius 3 is 2.71 bits per heavy atom. The minimum atomic E-state index is -3.86. The number of hydrogen-bond donors (Lipinski definition) is 0. The molecule has 0 radical (unpaired) electrons. The van der Waals surface area contributed by atoms with E-state index in [9.17, 15) is 8.42 Å². The van der Waals surface area contributed by atoms with Gasteiger partial charge >= 0.3 is 0 Å². The SMILES string of the molecule is O=S(=O)(Cl)c1nnc(-c2cncs2)n1C1CC1. The summed E-state index contributed by atoms with van der Waals surface area (Å²) >= 11 is 1.39. The van der Waals surface area contributed by atoms with Crippen LogP contribution in [0.5, 0.6) is 0 Å². The Morgan fingerprint density at radius 2 is 2.18 bits per heavy atom. The van der Waals surface area contributed by atoms with Crippen molar-refractivity contribution in [1.82, 2.24) is 19.7 Å². The van der Waals surface area contributed by atoms with E-state index in [1.807, 2.05) is 0 Å². The van der Waals surface area contributed by atoms with Crippen LogP contribution >= 0.6 is 22.0 Å². The van der Waals surface area contributed by atoms with Crippen molar-refractivity contribution in [3.05, 3.63) is 11.7 Å². The molecule has 9 heteroatoms. The standard InChI is InChI=1S/C8H7ClN4O2S2/c9-17(14,15)8-12-11-7(6-3-10-4-16-6)13(8)5-1-2-5/h3-5H,1-2H2. The van der Waals surface area contributed by atoms with Crippen molar-refractivity contribution >= 4 is 31.1 Å². The van der Waals surface area contributed by atoms with Crippen LogP contribution in [0.15, 0.2) is 16.9 Å². The fourth-order valence-corrected chi connectivity index (χ4v) is 3.13. The molecule has 1 saturated carbocycles. The number of halogens is 1. The summed E-state index contributed by atoms with van der Waals surface area (Å²) in [6.45, 7) is 0. The molecule has 0 unspecified atom stereocenters. The lowest BCUT2D eigenvalue weighted by atomic mass is 10.5. The van der Waals surface area contributed by atoms with Gasteiger partial charge in [-0.1, -0.05) is 0 Å². The van der Waals surface area contributed by atoms with Gasteiger partial charge in [0.05, 0.1) is 10.4 Å². The molecule has 17 heavy (non-hydrogen) atoms. The first-order chi connectivity index (χ1) is 8.07. The van der Waals surface area contributed by atoms with Crippen LogP contribution in [0, 0.1) is 0 Å². The summed E-state index contributed by atoms with van der Waals surface area (Å²) in [5, 5.41) is 7.41. The van der Waals surface area contributed by atoms with Crippen molar-refractivity contribution in [1.29, 1.82) is 0 Å². The lowest BCUT2D eigenvalue weighted by molar-refractivity contribution is 0.579. The van der Waals surface area contributed by atoms with Crippen LogP contribution in [-0.4, -0.2) is 28.2 Å². The largest absolute Gasteiger partial charge is 0.296 e. The Bertz CT molecular complexity index is 645. The first kappa shape index (κ1) is 11.1. The van der Waals surface area contributed by atoms with Crippen LogP contribution in [0.3, 0.4) is 0 Å². The summed E-state index contributed by atoms with van der Waals surface area (Å²) in [6, 6.07) is 0.130. The lowest BCUT2D eigenvalue weighted by Crippen LogP contribution is -2.05. The minimum absolute atomic E-state index is 0.130. The maximum atomic E-state index is 11.4. The van der Waals surface area contributed by atoms with Crippen LogP contribution in [0.4, 0.5) is 0 Å². The molecule has 0 amide bonds. The first-order valence-corrected chi connectivity index (χ1v) is 8.04. The molecule has 0 atom stereocenters. The summed E-state index contributed by atoms with van der Waals surface area (Å²) < 4.78 is 24.4. The molecule has 0 bridgehead atoms. The van der Waals surface area contributed by atoms with E-state index >= 15 is 0 Å². The van der Waals surface area contributed by atoms with Gasteiger partial charge in [-0.2, -0.15) is 0 Å². The monoisotopic (exact) mass is 290 g/mol. The molecule has 6 nitrogen and oxygen atoms in total. The maximum absolute atomic E-state index is 11.4. The molecule has 0 N–H and O–H groups in total. The number of rotatable bonds is 3. The van der Waals surface area contributed by atoms with E-state index in [-0.39, 0.29) is 11.2 Å². The van der Waals surface area contributed by atoms with Crippen molar-refractivity contribution < 1.29 is 8.42 Å². The number of nitrogens with zero attached hydrogens (tertiary/aromatic N) is 4. The molecule has 2 heterocycles. The Kier molecular flexibility index (Phi) is 2.46. The van der Waals surface area contributed by atoms with Gasteiger partial charge in [-0.15, -0.1) is 21.5 Å². The first-order valence-electron chi connectivity index (χ1n) is 4.86. The summed E-state index contributed by atoms with van der Waals surface area (Å²) in [5.74, 6) is 0.522. The zero-order valence-electron chi connectivity index (χ0n) is 8.45. The number of aromatic nitrogens is 4. The molecule has 0 spiro atoms. The van der Waals surface area contributed by atoms with Gasteiger partial charge in [0.1, 0.15) is 0 Å². The Balaban J connectivity index is 2.21. The summed E-state index contributed by atoms with van der Waals surface area (Å²) in [6.07, 6.45) is 3.48. The molecule has 0 aromatic carbocycles. The van der Waals surface area contributed by atoms with Gasteiger partial charge in [0, 0.05) is 22.9 Å². The van der Waals surface area contributed by atoms with Crippen molar-refractivity contribution in [2.45, 2.75) is 24.0 Å². The molecular weight excluding hydrogens is 284 g/mol. The third kappa shape index (κ3) is 1.96. The van der Waals surface area contributed by atoms with Gasteiger partial charge in [0.25, 0.3) is 14.2 Å². The minimum Gasteiger partial charge on any atom is -0.293 e. The van der Waals surface area contributed by atoms with E-state index in [1.54, 1.807) is 16.3 Å². The van der Waals surface area contributed by atoms with Crippen molar-refractivity contribution in [2.24, 2.45) is 0 Å². The highest BCUT2D eigenvalue weighted by molar-refractivity contribution is 8.13. The Hall–Kier alpha value is -0.990. The van der Waals surface area contributed by atoms with Gasteiger partial charge in [-0.3, -0.25) is 9.55 Å². The van der Waals surface area contributed by atoms with Crippen LogP contribution in [-0.2, 0) is 9.05 Å². The molecule has 2 aromatic heterocycles. The van der Waals surface area contributed by atoms with Crippen molar-refractivity contribution in [3.8, 4) is 10.7 Å². The van der Waals surface area contributed by atoms with E-state index in [0.29, 0.717) is 5.82 Å². The van der Waals surface area contributed by atoms with Gasteiger partial charge in [-0.05, 0) is 12.8 Å². The summed E-state index contributed by atoms with van der Waals surface area (Å²) in [7, 11) is 1.48. The second kappa shape index (κ2) is 3.76. The third-order valence-corrected chi connectivity index (χ3v) is 4.34. The van der Waals surface area contributed by atoms with Crippen molar-refractivity contribution in [2.75, 3.05) is 0 Å². The average molecular weight is 291 g/mol. The van der Waals surface area contributed by atoms with E-state index in [0.717, 1.165) is 17.7 Å². The molecule has 2 aromatic rings. The second-order valence-corrected chi connectivity index (χ2v) is 7.06. The fraction of sp³-hybridized carbons (Fsp3) is 0.375. The van der Waals surface area contributed by atoms with Gasteiger partial charge in [0.15, 0.2) is 5.82 Å². The smallest absolute Gasteiger partial charge is 0.293 e. The van der Waals surface area contributed by atoms with Crippen molar-refractivity contribution in [3.63, 3.8) is 0 Å². The molecule has 0 saturated heterocycles. The van der Waals surface area contributed by atoms with E-state index in [2.05, 4.69) is 15.2 Å². The van der Waals surface area contributed by atoms with E-state index < -0.39 is 9.05 Å². The molecule has 0 aliphatic heterocycles. The number of thiazole rings is 1. The molecule has 1 aliphatic carbocycles. The van der Waals surface area contributed by atoms with E-state index in [4.69, 9.17) is 10.7 Å². The molecule has 90 valence electrons. The van der Waals surface area contributed by atoms with Gasteiger partial charge in [0.2, 0.25) is 0 Å². The van der Waals surface area contributed by atoms with Crippen LogP contribution < -0.4 is 0 Å². The predicted molar refractivity (Wildman–Crippen MR) is 62.4 cm³/mol. The lowest BCUT2D eigenvalue weighted by Gasteiger charge is -2.04. The normalized spacial score (nSPS) is 16.3. The van der Waals surface area contributed by atoms with Crippen LogP contribution in [0.2, 0.25) is 0 Å². The van der Waals surface area contributed by atoms with E-state index in [1.165, 1.54) is 11.3 Å². The average Bonchev–Trinajstić information content (AvgIpc) is 2.81. The molecule has 1 aliphatic rings. The molecular formula is C8H7ClN4O2S2. The number of hydrogen-bond acceptors (Lipinski definition) is 6. The zero-order chi connectivity index (χ0) is 12.0.